The summed E-state index contributed by atoms with van der Waals surface area (Å²) in [6.07, 6.45) is 1.01. The lowest BCUT2D eigenvalue weighted by molar-refractivity contribution is -0.226. The topological polar surface area (TPSA) is 82.5 Å². The fraction of sp³-hybridized carbons (Fsp3) is 0.867. The molecule has 3 N–H and O–H groups in total. The van der Waals surface area contributed by atoms with E-state index >= 15 is 0 Å². The van der Waals surface area contributed by atoms with Gasteiger partial charge in [-0.05, 0) is 19.8 Å². The van der Waals surface area contributed by atoms with E-state index in [1.165, 1.54) is 5.57 Å². The lowest BCUT2D eigenvalue weighted by Crippen LogP contribution is -2.66. The smallest absolute Gasteiger partial charge is 0.129 e. The second-order valence-corrected chi connectivity index (χ2v) is 7.12. The van der Waals surface area contributed by atoms with Crippen molar-refractivity contribution in [1.82, 2.24) is 0 Å². The van der Waals surface area contributed by atoms with Crippen molar-refractivity contribution in [2.45, 2.75) is 56.7 Å². The van der Waals surface area contributed by atoms with Crippen molar-refractivity contribution in [1.29, 1.82) is 0 Å². The van der Waals surface area contributed by atoms with Gasteiger partial charge in [0.05, 0.1) is 25.4 Å². The third kappa shape index (κ3) is 1.12. The maximum atomic E-state index is 10.7. The van der Waals surface area contributed by atoms with Gasteiger partial charge >= 0.3 is 0 Å². The second kappa shape index (κ2) is 3.65. The summed E-state index contributed by atoms with van der Waals surface area (Å²) < 4.78 is 11.8. The molecule has 2 aliphatic carbocycles. The van der Waals surface area contributed by atoms with Crippen molar-refractivity contribution in [3.8, 4) is 0 Å². The van der Waals surface area contributed by atoms with Crippen LogP contribution in [0.25, 0.3) is 0 Å². The Bertz CT molecular complexity index is 485. The molecule has 0 unspecified atom stereocenters. The number of aliphatic hydroxyl groups is 3. The van der Waals surface area contributed by atoms with Crippen molar-refractivity contribution in [2.75, 3.05) is 13.2 Å². The van der Waals surface area contributed by atoms with Gasteiger partial charge in [0.2, 0.25) is 0 Å². The lowest BCUT2D eigenvalue weighted by Gasteiger charge is -2.57. The van der Waals surface area contributed by atoms with E-state index in [0.29, 0.717) is 6.61 Å². The third-order valence-corrected chi connectivity index (χ3v) is 6.57. The number of aliphatic hydroxyl groups excluding tert-OH is 3. The predicted octanol–water partition coefficient (Wildman–Crippen LogP) is -0.0167. The van der Waals surface area contributed by atoms with Gasteiger partial charge in [-0.25, -0.2) is 0 Å². The van der Waals surface area contributed by atoms with Crippen LogP contribution in [0.4, 0.5) is 0 Å². The van der Waals surface area contributed by atoms with Crippen LogP contribution in [0.2, 0.25) is 0 Å². The van der Waals surface area contributed by atoms with Crippen molar-refractivity contribution in [3.63, 3.8) is 0 Å². The first-order chi connectivity index (χ1) is 9.43. The molecule has 1 spiro atoms. The molecule has 5 nitrogen and oxygen atoms in total. The quantitative estimate of drug-likeness (QED) is 0.465. The molecular weight excluding hydrogens is 260 g/mol. The maximum absolute atomic E-state index is 10.7. The van der Waals surface area contributed by atoms with E-state index in [1.54, 1.807) is 0 Å². The van der Waals surface area contributed by atoms with Gasteiger partial charge in [0.25, 0.3) is 0 Å². The molecule has 1 saturated carbocycles. The number of epoxide rings is 1. The number of allylic oxidation sites excluding steroid dienone is 1. The average molecular weight is 282 g/mol. The van der Waals surface area contributed by atoms with Crippen molar-refractivity contribution >= 4 is 0 Å². The van der Waals surface area contributed by atoms with Gasteiger partial charge in [-0.2, -0.15) is 0 Å². The fourth-order valence-corrected chi connectivity index (χ4v) is 5.06. The monoisotopic (exact) mass is 282 g/mol. The van der Waals surface area contributed by atoms with E-state index in [4.69, 9.17) is 9.47 Å². The molecule has 4 rings (SSSR count). The predicted molar refractivity (Wildman–Crippen MR) is 70.0 cm³/mol. The molecule has 2 saturated heterocycles. The molecule has 0 aromatic heterocycles. The highest BCUT2D eigenvalue weighted by Crippen LogP contribution is 2.71. The Labute approximate surface area is 118 Å². The highest BCUT2D eigenvalue weighted by molar-refractivity contribution is 5.34. The highest BCUT2D eigenvalue weighted by atomic mass is 16.6. The molecule has 3 fully saturated rings. The number of rotatable bonds is 1. The van der Waals surface area contributed by atoms with E-state index in [9.17, 15) is 15.3 Å². The zero-order valence-corrected chi connectivity index (χ0v) is 11.9. The van der Waals surface area contributed by atoms with Crippen LogP contribution in [0.15, 0.2) is 11.6 Å². The lowest BCUT2D eigenvalue weighted by atomic mass is 9.51. The average Bonchev–Trinajstić information content (AvgIpc) is 3.21. The van der Waals surface area contributed by atoms with Gasteiger partial charge in [-0.3, -0.25) is 0 Å². The summed E-state index contributed by atoms with van der Waals surface area (Å²) in [4.78, 5) is 0. The zero-order chi connectivity index (χ0) is 14.3. The molecule has 0 aromatic carbocycles. The first kappa shape index (κ1) is 13.2. The molecule has 0 aromatic rings. The number of fused-ring (bicyclic) bond motifs is 2. The Morgan fingerprint density at radius 2 is 2.10 bits per heavy atom. The SMILES string of the molecule is CC1=C[C@@H]2O[C@H]3[C@@H](O)[C@H](O)[C@@](C)([C@@]2(CO)CC1)[C@]31CO1. The molecule has 4 aliphatic rings. The van der Waals surface area contributed by atoms with Crippen molar-refractivity contribution in [2.24, 2.45) is 10.8 Å². The van der Waals surface area contributed by atoms with E-state index in [1.807, 2.05) is 13.0 Å². The molecule has 5 heteroatoms. The molecule has 2 bridgehead atoms. The molecular formula is C15H22O5. The molecule has 2 heterocycles. The summed E-state index contributed by atoms with van der Waals surface area (Å²) in [7, 11) is 0. The van der Waals surface area contributed by atoms with Crippen molar-refractivity contribution in [3.05, 3.63) is 11.6 Å². The van der Waals surface area contributed by atoms with E-state index in [2.05, 4.69) is 6.92 Å². The summed E-state index contributed by atoms with van der Waals surface area (Å²) in [5.41, 5.74) is -0.668. The van der Waals surface area contributed by atoms with Crippen LogP contribution in [-0.2, 0) is 9.47 Å². The van der Waals surface area contributed by atoms with Crippen molar-refractivity contribution < 1.29 is 24.8 Å². The van der Waals surface area contributed by atoms with E-state index in [-0.39, 0.29) is 12.7 Å². The zero-order valence-electron chi connectivity index (χ0n) is 11.9. The minimum absolute atomic E-state index is 0.0699. The van der Waals surface area contributed by atoms with Crippen LogP contribution in [0.5, 0.6) is 0 Å². The number of ether oxygens (including phenoxy) is 2. The number of hydrogen-bond acceptors (Lipinski definition) is 5. The van der Waals surface area contributed by atoms with Crippen LogP contribution in [0.3, 0.4) is 0 Å². The molecule has 7 atom stereocenters. The summed E-state index contributed by atoms with van der Waals surface area (Å²) in [5, 5.41) is 31.2. The molecule has 2 aliphatic heterocycles. The third-order valence-electron chi connectivity index (χ3n) is 6.57. The summed E-state index contributed by atoms with van der Waals surface area (Å²) >= 11 is 0. The van der Waals surface area contributed by atoms with Gasteiger partial charge in [0.15, 0.2) is 0 Å². The van der Waals surface area contributed by atoms with Crippen LogP contribution in [0.1, 0.15) is 26.7 Å². The minimum Gasteiger partial charge on any atom is -0.396 e. The first-order valence-corrected chi connectivity index (χ1v) is 7.37. The van der Waals surface area contributed by atoms with Crippen LogP contribution in [-0.4, -0.2) is 58.6 Å². The van der Waals surface area contributed by atoms with E-state index < -0.39 is 34.7 Å². The molecule has 20 heavy (non-hydrogen) atoms. The summed E-state index contributed by atoms with van der Waals surface area (Å²) in [5.74, 6) is 0. The normalized spacial score (nSPS) is 60.4. The molecule has 112 valence electrons. The summed E-state index contributed by atoms with van der Waals surface area (Å²) in [6, 6.07) is 0. The van der Waals surface area contributed by atoms with Gasteiger partial charge in [0, 0.05) is 10.8 Å². The Hall–Kier alpha value is -0.460. The van der Waals surface area contributed by atoms with Gasteiger partial charge < -0.3 is 24.8 Å². The standard InChI is InChI=1S/C15H22O5/c1-8-3-4-14(6-16)9(5-8)20-12-10(17)11(18)13(14,2)15(12)7-19-15/h5,9-12,16-18H,3-4,6-7H2,1-2H3/t9-,10-,11-,12-,13-,14+,15-/m0/s1. The van der Waals surface area contributed by atoms with Gasteiger partial charge in [-0.1, -0.05) is 18.6 Å². The first-order valence-electron chi connectivity index (χ1n) is 7.37. The largest absolute Gasteiger partial charge is 0.396 e. The Balaban J connectivity index is 1.91. The Morgan fingerprint density at radius 1 is 1.40 bits per heavy atom. The fourth-order valence-electron chi connectivity index (χ4n) is 5.06. The van der Waals surface area contributed by atoms with Crippen LogP contribution < -0.4 is 0 Å². The second-order valence-electron chi connectivity index (χ2n) is 7.12. The Morgan fingerprint density at radius 3 is 2.70 bits per heavy atom. The Kier molecular flexibility index (Phi) is 2.41. The van der Waals surface area contributed by atoms with Crippen LogP contribution >= 0.6 is 0 Å². The highest BCUT2D eigenvalue weighted by Gasteiger charge is 2.84. The minimum atomic E-state index is -0.953. The maximum Gasteiger partial charge on any atom is 0.129 e. The number of hydrogen-bond donors (Lipinski definition) is 3. The van der Waals surface area contributed by atoms with Crippen LogP contribution in [0, 0.1) is 10.8 Å². The summed E-state index contributed by atoms with van der Waals surface area (Å²) in [6.45, 7) is 4.42. The molecule has 0 radical (unpaired) electrons. The molecule has 0 amide bonds. The van der Waals surface area contributed by atoms with E-state index in [0.717, 1.165) is 12.8 Å². The van der Waals surface area contributed by atoms with Gasteiger partial charge in [0.1, 0.15) is 17.8 Å². The van der Waals surface area contributed by atoms with Gasteiger partial charge in [-0.15, -0.1) is 0 Å².